The zero-order valence-electron chi connectivity index (χ0n) is 13.2. The van der Waals surface area contributed by atoms with Crippen LogP contribution in [0.2, 0.25) is 0 Å². The molecule has 1 N–H and O–H groups in total. The Balaban J connectivity index is 1.67. The average Bonchev–Trinajstić information content (AvgIpc) is 2.55. The van der Waals surface area contributed by atoms with Crippen LogP contribution >= 0.6 is 0 Å². The van der Waals surface area contributed by atoms with Gasteiger partial charge >= 0.3 is 0 Å². The maximum atomic E-state index is 12.3. The van der Waals surface area contributed by atoms with Crippen molar-refractivity contribution in [2.24, 2.45) is 0 Å². The molecule has 0 bridgehead atoms. The zero-order chi connectivity index (χ0) is 15.4. The van der Waals surface area contributed by atoms with E-state index in [2.05, 4.69) is 47.5 Å². The van der Waals surface area contributed by atoms with Gasteiger partial charge in [-0.1, -0.05) is 48.9 Å². The molecule has 0 spiro atoms. The van der Waals surface area contributed by atoms with Crippen LogP contribution in [0.25, 0.3) is 10.8 Å². The first-order chi connectivity index (χ1) is 10.7. The van der Waals surface area contributed by atoms with Crippen molar-refractivity contribution in [3.63, 3.8) is 0 Å². The van der Waals surface area contributed by atoms with Crippen molar-refractivity contribution in [3.8, 4) is 0 Å². The number of hydrogen-bond acceptors (Lipinski definition) is 2. The number of fused-ring (bicyclic) bond motifs is 1. The molecule has 0 aromatic heterocycles. The van der Waals surface area contributed by atoms with E-state index in [0.717, 1.165) is 13.1 Å². The molecule has 2 aromatic rings. The summed E-state index contributed by atoms with van der Waals surface area (Å²) in [5.74, 6) is 0.127. The molecule has 116 valence electrons. The van der Waals surface area contributed by atoms with Gasteiger partial charge in [-0.15, -0.1) is 0 Å². The molecule has 1 fully saturated rings. The smallest absolute Gasteiger partial charge is 0.234 e. The summed E-state index contributed by atoms with van der Waals surface area (Å²) < 4.78 is 0. The number of carbonyl (C=O) groups excluding carboxylic acids is 1. The summed E-state index contributed by atoms with van der Waals surface area (Å²) in [6.07, 6.45) is 3.73. The largest absolute Gasteiger partial charge is 0.348 e. The van der Waals surface area contributed by atoms with Gasteiger partial charge in [0.2, 0.25) is 5.91 Å². The van der Waals surface area contributed by atoms with E-state index in [1.807, 2.05) is 12.1 Å². The predicted octanol–water partition coefficient (Wildman–Crippen LogP) is 3.50. The number of hydrogen-bond donors (Lipinski definition) is 1. The highest BCUT2D eigenvalue weighted by atomic mass is 16.2. The molecule has 1 aliphatic heterocycles. The minimum absolute atomic E-state index is 0.0309. The van der Waals surface area contributed by atoms with Crippen LogP contribution in [0.15, 0.2) is 42.5 Å². The summed E-state index contributed by atoms with van der Waals surface area (Å²) in [5, 5.41) is 5.59. The SMILES string of the molecule is C[C@H](NC(=O)CN1CCCCC1)c1cccc2ccccc12. The van der Waals surface area contributed by atoms with Crippen LogP contribution in [0.1, 0.15) is 37.8 Å². The number of amides is 1. The van der Waals surface area contributed by atoms with Crippen LogP contribution in [0.4, 0.5) is 0 Å². The summed E-state index contributed by atoms with van der Waals surface area (Å²) in [4.78, 5) is 14.5. The molecular formula is C19H24N2O. The Kier molecular flexibility index (Phi) is 4.74. The Morgan fingerprint density at radius 2 is 1.82 bits per heavy atom. The van der Waals surface area contributed by atoms with Crippen molar-refractivity contribution in [2.75, 3.05) is 19.6 Å². The first-order valence-corrected chi connectivity index (χ1v) is 8.23. The number of nitrogens with zero attached hydrogens (tertiary/aromatic N) is 1. The van der Waals surface area contributed by atoms with Gasteiger partial charge in [-0.3, -0.25) is 9.69 Å². The Labute approximate surface area is 132 Å². The molecule has 1 atom stereocenters. The molecule has 0 unspecified atom stereocenters. The van der Waals surface area contributed by atoms with Crippen molar-refractivity contribution in [1.29, 1.82) is 0 Å². The van der Waals surface area contributed by atoms with Crippen molar-refractivity contribution in [1.82, 2.24) is 10.2 Å². The molecule has 3 rings (SSSR count). The van der Waals surface area contributed by atoms with Gasteiger partial charge in [-0.2, -0.15) is 0 Å². The number of carbonyl (C=O) groups is 1. The van der Waals surface area contributed by atoms with Gasteiger partial charge in [0.1, 0.15) is 0 Å². The summed E-state index contributed by atoms with van der Waals surface area (Å²) in [7, 11) is 0. The van der Waals surface area contributed by atoms with Crippen LogP contribution in [0.3, 0.4) is 0 Å². The molecule has 0 saturated carbocycles. The average molecular weight is 296 g/mol. The minimum atomic E-state index is 0.0309. The lowest BCUT2D eigenvalue weighted by Crippen LogP contribution is -2.40. The molecule has 3 nitrogen and oxygen atoms in total. The van der Waals surface area contributed by atoms with Gasteiger partial charge in [-0.25, -0.2) is 0 Å². The third-order valence-electron chi connectivity index (χ3n) is 4.48. The van der Waals surface area contributed by atoms with Gasteiger partial charge in [0.15, 0.2) is 0 Å². The second-order valence-electron chi connectivity index (χ2n) is 6.19. The molecule has 1 aliphatic rings. The monoisotopic (exact) mass is 296 g/mol. The van der Waals surface area contributed by atoms with Crippen LogP contribution in [0, 0.1) is 0 Å². The normalized spacial score (nSPS) is 17.3. The number of likely N-dealkylation sites (tertiary alicyclic amines) is 1. The van der Waals surface area contributed by atoms with E-state index in [9.17, 15) is 4.79 Å². The topological polar surface area (TPSA) is 32.3 Å². The second-order valence-corrected chi connectivity index (χ2v) is 6.19. The lowest BCUT2D eigenvalue weighted by molar-refractivity contribution is -0.123. The quantitative estimate of drug-likeness (QED) is 0.936. The Bertz CT molecular complexity index is 641. The highest BCUT2D eigenvalue weighted by Crippen LogP contribution is 2.24. The third-order valence-corrected chi connectivity index (χ3v) is 4.48. The maximum absolute atomic E-state index is 12.3. The van der Waals surface area contributed by atoms with Crippen LogP contribution in [-0.4, -0.2) is 30.4 Å². The number of rotatable bonds is 4. The summed E-state index contributed by atoms with van der Waals surface area (Å²) in [6.45, 7) is 4.69. The van der Waals surface area contributed by atoms with Crippen molar-refractivity contribution in [2.45, 2.75) is 32.2 Å². The highest BCUT2D eigenvalue weighted by Gasteiger charge is 2.16. The van der Waals surface area contributed by atoms with Gasteiger partial charge in [0.05, 0.1) is 12.6 Å². The van der Waals surface area contributed by atoms with E-state index < -0.39 is 0 Å². The maximum Gasteiger partial charge on any atom is 0.234 e. The van der Waals surface area contributed by atoms with E-state index in [4.69, 9.17) is 0 Å². The molecule has 1 heterocycles. The predicted molar refractivity (Wildman–Crippen MR) is 90.8 cm³/mol. The standard InChI is InChI=1S/C19H24N2O/c1-15(20-19(22)14-21-12-5-2-6-13-21)17-11-7-9-16-8-3-4-10-18(16)17/h3-4,7-11,15H,2,5-6,12-14H2,1H3,(H,20,22)/t15-/m0/s1. The number of nitrogens with one attached hydrogen (secondary N) is 1. The molecule has 0 aliphatic carbocycles. The second kappa shape index (κ2) is 6.93. The Hall–Kier alpha value is -1.87. The summed E-state index contributed by atoms with van der Waals surface area (Å²) in [6, 6.07) is 14.6. The lowest BCUT2D eigenvalue weighted by Gasteiger charge is -2.26. The Morgan fingerprint density at radius 1 is 1.09 bits per heavy atom. The summed E-state index contributed by atoms with van der Waals surface area (Å²) in [5.41, 5.74) is 1.19. The van der Waals surface area contributed by atoms with Gasteiger partial charge in [-0.05, 0) is 49.2 Å². The van der Waals surface area contributed by atoms with Crippen molar-refractivity contribution < 1.29 is 4.79 Å². The molecule has 22 heavy (non-hydrogen) atoms. The van der Waals surface area contributed by atoms with Gasteiger partial charge < -0.3 is 5.32 Å². The van der Waals surface area contributed by atoms with Crippen molar-refractivity contribution >= 4 is 16.7 Å². The summed E-state index contributed by atoms with van der Waals surface area (Å²) >= 11 is 0. The zero-order valence-corrected chi connectivity index (χ0v) is 13.2. The fraction of sp³-hybridized carbons (Fsp3) is 0.421. The highest BCUT2D eigenvalue weighted by molar-refractivity contribution is 5.87. The van der Waals surface area contributed by atoms with E-state index in [1.54, 1.807) is 0 Å². The van der Waals surface area contributed by atoms with Crippen LogP contribution < -0.4 is 5.32 Å². The molecule has 1 saturated heterocycles. The minimum Gasteiger partial charge on any atom is -0.348 e. The van der Waals surface area contributed by atoms with Crippen LogP contribution in [-0.2, 0) is 4.79 Å². The van der Waals surface area contributed by atoms with E-state index >= 15 is 0 Å². The van der Waals surface area contributed by atoms with Crippen LogP contribution in [0.5, 0.6) is 0 Å². The molecule has 1 amide bonds. The van der Waals surface area contributed by atoms with E-state index in [0.29, 0.717) is 6.54 Å². The molecule has 3 heteroatoms. The number of piperidine rings is 1. The van der Waals surface area contributed by atoms with E-state index in [1.165, 1.54) is 35.6 Å². The fourth-order valence-electron chi connectivity index (χ4n) is 3.31. The van der Waals surface area contributed by atoms with Crippen molar-refractivity contribution in [3.05, 3.63) is 48.0 Å². The molecule has 2 aromatic carbocycles. The molecular weight excluding hydrogens is 272 g/mol. The Morgan fingerprint density at radius 3 is 2.64 bits per heavy atom. The van der Waals surface area contributed by atoms with Gasteiger partial charge in [0.25, 0.3) is 0 Å². The van der Waals surface area contributed by atoms with E-state index in [-0.39, 0.29) is 11.9 Å². The number of benzene rings is 2. The lowest BCUT2D eigenvalue weighted by atomic mass is 10.00. The molecule has 0 radical (unpaired) electrons. The van der Waals surface area contributed by atoms with Gasteiger partial charge in [0, 0.05) is 0 Å². The fourth-order valence-corrected chi connectivity index (χ4v) is 3.31. The third kappa shape index (κ3) is 3.47. The first kappa shape index (κ1) is 15.0. The first-order valence-electron chi connectivity index (χ1n) is 8.23.